The van der Waals surface area contributed by atoms with Gasteiger partial charge in [-0.15, -0.1) is 0 Å². The van der Waals surface area contributed by atoms with Crippen molar-refractivity contribution >= 4 is 23.7 Å². The number of nitrogens with one attached hydrogen (secondary N) is 1. The minimum Gasteiger partial charge on any atom is -0.475 e. The van der Waals surface area contributed by atoms with Crippen molar-refractivity contribution in [1.82, 2.24) is 14.8 Å². The third-order valence-electron chi connectivity index (χ3n) is 6.05. The SMILES string of the molecule is CN1CCc2cc(C(=O)N3CCCC3)c(NCC3CC3)nc2CC1.O=C(O)C(F)(F)F.O=C(O)C(F)(F)F. The summed E-state index contributed by atoms with van der Waals surface area (Å²) in [7, 11) is 2.16. The molecule has 3 aliphatic rings. The van der Waals surface area contributed by atoms with Crippen LogP contribution in [0.5, 0.6) is 0 Å². The fourth-order valence-electron chi connectivity index (χ4n) is 3.70. The number of fused-ring (bicyclic) bond motifs is 1. The molecular formula is C23H30F6N4O5. The Bertz CT molecular complexity index is 968. The lowest BCUT2D eigenvalue weighted by Crippen LogP contribution is -2.29. The lowest BCUT2D eigenvalue weighted by atomic mass is 10.0. The van der Waals surface area contributed by atoms with E-state index in [2.05, 4.69) is 23.3 Å². The van der Waals surface area contributed by atoms with Gasteiger partial charge in [0, 0.05) is 44.8 Å². The van der Waals surface area contributed by atoms with Crippen LogP contribution >= 0.6 is 0 Å². The Morgan fingerprint density at radius 2 is 1.45 bits per heavy atom. The standard InChI is InChI=1S/C19H28N4O.2C2HF3O2/c1-22-10-6-15-12-16(19(24)23-8-2-3-9-23)18(20-13-14-4-5-14)21-17(15)7-11-22;2*3-2(4,5)1(6)7/h12,14H,2-11,13H2,1H3,(H,20,21);2*(H,6,7). The molecule has 0 aromatic carbocycles. The number of hydrogen-bond acceptors (Lipinski definition) is 6. The summed E-state index contributed by atoms with van der Waals surface area (Å²) < 4.78 is 63.5. The van der Waals surface area contributed by atoms with E-state index in [4.69, 9.17) is 24.8 Å². The van der Waals surface area contributed by atoms with Gasteiger partial charge in [-0.25, -0.2) is 14.6 Å². The van der Waals surface area contributed by atoms with E-state index in [9.17, 15) is 31.1 Å². The molecule has 0 atom stereocenters. The van der Waals surface area contributed by atoms with Gasteiger partial charge in [0.25, 0.3) is 5.91 Å². The molecule has 0 spiro atoms. The van der Waals surface area contributed by atoms with Crippen molar-refractivity contribution in [3.8, 4) is 0 Å². The van der Waals surface area contributed by atoms with Crippen LogP contribution < -0.4 is 5.32 Å². The normalized spacial score (nSPS) is 17.7. The maximum Gasteiger partial charge on any atom is 0.490 e. The van der Waals surface area contributed by atoms with Crippen LogP contribution in [0.15, 0.2) is 6.07 Å². The first-order chi connectivity index (χ1) is 17.6. The van der Waals surface area contributed by atoms with Crippen LogP contribution in [0.25, 0.3) is 0 Å². The molecule has 214 valence electrons. The number of pyridine rings is 1. The molecular weight excluding hydrogens is 526 g/mol. The molecule has 0 unspecified atom stereocenters. The zero-order chi connectivity index (χ0) is 28.7. The van der Waals surface area contributed by atoms with Gasteiger partial charge in [0.1, 0.15) is 5.82 Å². The predicted octanol–water partition coefficient (Wildman–Crippen LogP) is 3.44. The van der Waals surface area contributed by atoms with Crippen molar-refractivity contribution in [3.05, 3.63) is 22.9 Å². The molecule has 4 rings (SSSR count). The van der Waals surface area contributed by atoms with Crippen LogP contribution in [0, 0.1) is 5.92 Å². The van der Waals surface area contributed by atoms with Gasteiger partial charge in [0.05, 0.1) is 5.56 Å². The van der Waals surface area contributed by atoms with E-state index < -0.39 is 24.3 Å². The van der Waals surface area contributed by atoms with Crippen LogP contribution in [-0.4, -0.2) is 95.0 Å². The Morgan fingerprint density at radius 1 is 0.947 bits per heavy atom. The third-order valence-corrected chi connectivity index (χ3v) is 6.05. The number of halogens is 6. The van der Waals surface area contributed by atoms with Gasteiger partial charge in [-0.1, -0.05) is 0 Å². The van der Waals surface area contributed by atoms with Crippen LogP contribution in [0.1, 0.15) is 47.3 Å². The number of carboxylic acids is 2. The van der Waals surface area contributed by atoms with Gasteiger partial charge in [-0.3, -0.25) is 4.79 Å². The summed E-state index contributed by atoms with van der Waals surface area (Å²) in [5.41, 5.74) is 3.23. The molecule has 1 saturated heterocycles. The zero-order valence-corrected chi connectivity index (χ0v) is 20.7. The van der Waals surface area contributed by atoms with E-state index in [1.165, 1.54) is 24.1 Å². The first-order valence-corrected chi connectivity index (χ1v) is 11.9. The van der Waals surface area contributed by atoms with Crippen LogP contribution in [-0.2, 0) is 22.4 Å². The van der Waals surface area contributed by atoms with Crippen molar-refractivity contribution in [2.75, 3.05) is 45.1 Å². The second-order valence-electron chi connectivity index (χ2n) is 9.22. The second-order valence-corrected chi connectivity index (χ2v) is 9.22. The maximum absolute atomic E-state index is 13.0. The molecule has 1 aliphatic carbocycles. The van der Waals surface area contributed by atoms with Crippen molar-refractivity contribution in [1.29, 1.82) is 0 Å². The third kappa shape index (κ3) is 9.99. The Morgan fingerprint density at radius 3 is 1.92 bits per heavy atom. The van der Waals surface area contributed by atoms with Crippen molar-refractivity contribution in [2.45, 2.75) is 50.9 Å². The molecule has 0 radical (unpaired) electrons. The molecule has 3 N–H and O–H groups in total. The smallest absolute Gasteiger partial charge is 0.475 e. The molecule has 1 aromatic heterocycles. The minimum atomic E-state index is -5.08. The molecule has 9 nitrogen and oxygen atoms in total. The number of hydrogen-bond donors (Lipinski definition) is 3. The lowest BCUT2D eigenvalue weighted by molar-refractivity contribution is -0.193. The monoisotopic (exact) mass is 556 g/mol. The number of nitrogens with zero attached hydrogens (tertiary/aromatic N) is 3. The summed E-state index contributed by atoms with van der Waals surface area (Å²) in [5.74, 6) is -3.76. The average Bonchev–Trinajstić information content (AvgIpc) is 3.53. The van der Waals surface area contributed by atoms with E-state index in [1.54, 1.807) is 0 Å². The summed E-state index contributed by atoms with van der Waals surface area (Å²) in [6.07, 6.45) is -3.35. The van der Waals surface area contributed by atoms with E-state index in [0.29, 0.717) is 0 Å². The fraction of sp³-hybridized carbons (Fsp3) is 0.652. The molecule has 3 heterocycles. The quantitative estimate of drug-likeness (QED) is 0.483. The number of aromatic nitrogens is 1. The fourth-order valence-corrected chi connectivity index (χ4v) is 3.70. The highest BCUT2D eigenvalue weighted by Gasteiger charge is 2.39. The van der Waals surface area contributed by atoms with Gasteiger partial charge in [0.15, 0.2) is 0 Å². The first-order valence-electron chi connectivity index (χ1n) is 11.9. The van der Waals surface area contributed by atoms with Crippen LogP contribution in [0.2, 0.25) is 0 Å². The predicted molar refractivity (Wildman–Crippen MR) is 123 cm³/mol. The number of carboxylic acid groups (broad SMARTS) is 2. The molecule has 38 heavy (non-hydrogen) atoms. The number of rotatable bonds is 4. The average molecular weight is 557 g/mol. The van der Waals surface area contributed by atoms with Gasteiger partial charge < -0.3 is 25.3 Å². The Balaban J connectivity index is 0.000000301. The molecule has 1 saturated carbocycles. The highest BCUT2D eigenvalue weighted by Crippen LogP contribution is 2.30. The number of alkyl halides is 6. The van der Waals surface area contributed by atoms with Crippen molar-refractivity contribution in [3.63, 3.8) is 0 Å². The van der Waals surface area contributed by atoms with Crippen LogP contribution in [0.4, 0.5) is 32.2 Å². The summed E-state index contributed by atoms with van der Waals surface area (Å²) in [6, 6.07) is 2.14. The van der Waals surface area contributed by atoms with Gasteiger partial charge in [-0.2, -0.15) is 26.3 Å². The molecule has 1 amide bonds. The summed E-state index contributed by atoms with van der Waals surface area (Å²) in [6.45, 7) is 4.82. The lowest BCUT2D eigenvalue weighted by Gasteiger charge is -2.20. The topological polar surface area (TPSA) is 123 Å². The second kappa shape index (κ2) is 13.1. The van der Waals surface area contributed by atoms with E-state index in [-0.39, 0.29) is 5.91 Å². The van der Waals surface area contributed by atoms with Crippen molar-refractivity contribution < 1.29 is 50.9 Å². The van der Waals surface area contributed by atoms with E-state index in [1.807, 2.05) is 4.90 Å². The van der Waals surface area contributed by atoms with Crippen LogP contribution in [0.3, 0.4) is 0 Å². The highest BCUT2D eigenvalue weighted by molar-refractivity contribution is 5.99. The summed E-state index contributed by atoms with van der Waals surface area (Å²) >= 11 is 0. The highest BCUT2D eigenvalue weighted by atomic mass is 19.4. The number of likely N-dealkylation sites (tertiary alicyclic amines) is 1. The molecule has 0 bridgehead atoms. The maximum atomic E-state index is 13.0. The summed E-state index contributed by atoms with van der Waals surface area (Å²) in [4.78, 5) is 40.0. The molecule has 2 aliphatic heterocycles. The van der Waals surface area contributed by atoms with E-state index in [0.717, 1.165) is 75.7 Å². The number of aliphatic carboxylic acids is 2. The number of amides is 1. The van der Waals surface area contributed by atoms with Crippen molar-refractivity contribution in [2.24, 2.45) is 5.92 Å². The Hall–Kier alpha value is -3.10. The number of carbonyl (C=O) groups excluding carboxylic acids is 1. The molecule has 15 heteroatoms. The number of carbonyl (C=O) groups is 3. The molecule has 1 aromatic rings. The van der Waals surface area contributed by atoms with Gasteiger partial charge >= 0.3 is 24.3 Å². The van der Waals surface area contributed by atoms with Gasteiger partial charge in [-0.05, 0) is 56.7 Å². The van der Waals surface area contributed by atoms with E-state index >= 15 is 0 Å². The summed E-state index contributed by atoms with van der Waals surface area (Å²) in [5, 5.41) is 17.7. The largest absolute Gasteiger partial charge is 0.490 e. The number of anilines is 1. The Labute approximate surface area is 214 Å². The minimum absolute atomic E-state index is 0.165. The Kier molecular flexibility index (Phi) is 10.7. The molecule has 2 fully saturated rings. The number of likely N-dealkylation sites (N-methyl/N-ethyl adjacent to an activating group) is 1. The van der Waals surface area contributed by atoms with Gasteiger partial charge in [0.2, 0.25) is 0 Å². The first kappa shape index (κ1) is 31.1. The zero-order valence-electron chi connectivity index (χ0n) is 20.7.